The normalized spacial score (nSPS) is 14.9. The molecule has 1 saturated heterocycles. The molecular weight excluding hydrogens is 466 g/mol. The van der Waals surface area contributed by atoms with E-state index in [2.05, 4.69) is 53.3 Å². The second kappa shape index (κ2) is 10.1. The van der Waals surface area contributed by atoms with Crippen LogP contribution in [-0.4, -0.2) is 59.5 Å². The van der Waals surface area contributed by atoms with Crippen molar-refractivity contribution in [1.29, 1.82) is 0 Å². The summed E-state index contributed by atoms with van der Waals surface area (Å²) in [6, 6.07) is 6.08. The van der Waals surface area contributed by atoms with Crippen LogP contribution < -0.4 is 10.2 Å². The molecule has 5 aromatic heterocycles. The molecule has 10 heteroatoms. The average molecular weight is 498 g/mol. The van der Waals surface area contributed by atoms with Crippen LogP contribution in [0.3, 0.4) is 0 Å². The van der Waals surface area contributed by atoms with Crippen LogP contribution in [0.15, 0.2) is 43.0 Å². The first-order valence-electron chi connectivity index (χ1n) is 13.0. The van der Waals surface area contributed by atoms with Crippen LogP contribution in [0.2, 0.25) is 0 Å². The molecule has 1 aliphatic rings. The number of nitrogens with one attached hydrogen (secondary N) is 3. The first kappa shape index (κ1) is 23.4. The number of imidazole rings is 1. The van der Waals surface area contributed by atoms with Crippen LogP contribution in [0.1, 0.15) is 45.4 Å². The Morgan fingerprint density at radius 3 is 2.78 bits per heavy atom. The summed E-state index contributed by atoms with van der Waals surface area (Å²) in [6.07, 6.45) is 12.9. The first-order chi connectivity index (χ1) is 18.2. The zero-order chi connectivity index (χ0) is 25.2. The summed E-state index contributed by atoms with van der Waals surface area (Å²) in [6.45, 7) is 4.20. The number of fused-ring (bicyclic) bond motifs is 2. The van der Waals surface area contributed by atoms with E-state index in [0.717, 1.165) is 65.0 Å². The quantitative estimate of drug-likeness (QED) is 0.223. The summed E-state index contributed by atoms with van der Waals surface area (Å²) in [5.74, 6) is 0.681. The highest BCUT2D eigenvalue weighted by atomic mass is 16.3. The Morgan fingerprint density at radius 2 is 1.92 bits per heavy atom. The van der Waals surface area contributed by atoms with Gasteiger partial charge in [0.05, 0.1) is 23.0 Å². The summed E-state index contributed by atoms with van der Waals surface area (Å²) < 4.78 is 0. The van der Waals surface area contributed by atoms with E-state index in [1.54, 1.807) is 18.6 Å². The van der Waals surface area contributed by atoms with E-state index in [-0.39, 0.29) is 0 Å². The summed E-state index contributed by atoms with van der Waals surface area (Å²) in [4.78, 5) is 24.2. The van der Waals surface area contributed by atoms with Gasteiger partial charge in [-0.2, -0.15) is 5.10 Å². The monoisotopic (exact) mass is 497 g/mol. The van der Waals surface area contributed by atoms with Crippen molar-refractivity contribution >= 4 is 33.6 Å². The van der Waals surface area contributed by atoms with Crippen LogP contribution in [0.4, 0.5) is 11.4 Å². The van der Waals surface area contributed by atoms with Gasteiger partial charge in [-0.15, -0.1) is 0 Å². The van der Waals surface area contributed by atoms with Crippen LogP contribution in [0, 0.1) is 0 Å². The van der Waals surface area contributed by atoms with Gasteiger partial charge in [0.15, 0.2) is 17.1 Å². The third-order valence-corrected chi connectivity index (χ3v) is 6.95. The molecule has 6 heterocycles. The Morgan fingerprint density at radius 1 is 1.05 bits per heavy atom. The molecule has 1 unspecified atom stereocenters. The second-order valence-electron chi connectivity index (χ2n) is 9.62. The number of anilines is 2. The number of aliphatic hydroxyl groups excluding tert-OH is 1. The van der Waals surface area contributed by atoms with E-state index in [1.807, 2.05) is 18.3 Å². The number of unbranched alkanes of at least 4 members (excludes halogenated alkanes) is 1. The Balaban J connectivity index is 1.33. The Hall–Kier alpha value is -4.05. The highest BCUT2D eigenvalue weighted by Gasteiger charge is 2.19. The van der Waals surface area contributed by atoms with Crippen molar-refractivity contribution in [1.82, 2.24) is 35.1 Å². The van der Waals surface area contributed by atoms with Crippen LogP contribution in [-0.2, 0) is 0 Å². The SMILES string of the molecule is CCCCC(O)Nc1cncc(-c2cnc3n[nH]c(-c4nc5nccc(N6CCCCC6)c5[nH]4)c3c2)c1. The molecule has 190 valence electrons. The minimum Gasteiger partial charge on any atom is -0.374 e. The standard InChI is InChI=1S/C27H31N9O/c1-2-3-7-22(37)31-19-12-17(14-28-16-19)18-13-20-23(34-35-25(20)30-15-18)27-32-24-21(8-9-29-26(24)33-27)36-10-5-4-6-11-36/h8-9,12-16,22,31,37H,2-7,10-11H2,1H3,(H,29,32,33)(H,30,34,35). The fraction of sp³-hybridized carbons (Fsp3) is 0.370. The number of aromatic nitrogens is 7. The van der Waals surface area contributed by atoms with E-state index >= 15 is 0 Å². The number of hydrogen-bond acceptors (Lipinski definition) is 8. The zero-order valence-electron chi connectivity index (χ0n) is 20.9. The fourth-order valence-corrected chi connectivity index (χ4v) is 4.99. The van der Waals surface area contributed by atoms with Gasteiger partial charge in [0, 0.05) is 42.8 Å². The Kier molecular flexibility index (Phi) is 6.40. The molecule has 10 nitrogen and oxygen atoms in total. The maximum Gasteiger partial charge on any atom is 0.181 e. The summed E-state index contributed by atoms with van der Waals surface area (Å²) >= 11 is 0. The van der Waals surface area contributed by atoms with Gasteiger partial charge in [-0.3, -0.25) is 10.1 Å². The molecule has 0 aromatic carbocycles. The topological polar surface area (TPSA) is 132 Å². The molecular formula is C27H31N9O. The number of aliphatic hydroxyl groups is 1. The number of piperidine rings is 1. The Labute approximate surface area is 214 Å². The van der Waals surface area contributed by atoms with Gasteiger partial charge in [-0.1, -0.05) is 13.3 Å². The van der Waals surface area contributed by atoms with Crippen molar-refractivity contribution in [2.75, 3.05) is 23.3 Å². The third-order valence-electron chi connectivity index (χ3n) is 6.95. The van der Waals surface area contributed by atoms with Crippen molar-refractivity contribution in [2.45, 2.75) is 51.7 Å². The zero-order valence-corrected chi connectivity index (χ0v) is 20.9. The van der Waals surface area contributed by atoms with Gasteiger partial charge in [-0.05, 0) is 50.3 Å². The summed E-state index contributed by atoms with van der Waals surface area (Å²) in [5, 5.41) is 21.8. The van der Waals surface area contributed by atoms with Crippen molar-refractivity contribution < 1.29 is 5.11 Å². The minimum atomic E-state index is -0.602. The number of H-pyrrole nitrogens is 2. The van der Waals surface area contributed by atoms with E-state index in [0.29, 0.717) is 23.5 Å². The Bertz CT molecular complexity index is 1520. The van der Waals surface area contributed by atoms with E-state index in [4.69, 9.17) is 4.98 Å². The number of pyridine rings is 3. The second-order valence-corrected chi connectivity index (χ2v) is 9.62. The lowest BCUT2D eigenvalue weighted by molar-refractivity contribution is 0.190. The van der Waals surface area contributed by atoms with Gasteiger partial charge in [0.25, 0.3) is 0 Å². The molecule has 1 aliphatic heterocycles. The molecule has 4 N–H and O–H groups in total. The lowest BCUT2D eigenvalue weighted by atomic mass is 10.1. The maximum absolute atomic E-state index is 10.3. The van der Waals surface area contributed by atoms with Crippen molar-refractivity contribution in [3.05, 3.63) is 43.0 Å². The highest BCUT2D eigenvalue weighted by molar-refractivity contribution is 5.95. The molecule has 5 aromatic rings. The van der Waals surface area contributed by atoms with Gasteiger partial charge >= 0.3 is 0 Å². The van der Waals surface area contributed by atoms with Crippen LogP contribution in [0.5, 0.6) is 0 Å². The number of rotatable bonds is 8. The molecule has 1 fully saturated rings. The summed E-state index contributed by atoms with van der Waals surface area (Å²) in [7, 11) is 0. The molecule has 0 aliphatic carbocycles. The largest absolute Gasteiger partial charge is 0.374 e. The molecule has 37 heavy (non-hydrogen) atoms. The lowest BCUT2D eigenvalue weighted by Crippen LogP contribution is -2.29. The van der Waals surface area contributed by atoms with Gasteiger partial charge < -0.3 is 20.3 Å². The van der Waals surface area contributed by atoms with Gasteiger partial charge in [0.2, 0.25) is 0 Å². The molecule has 6 rings (SSSR count). The van der Waals surface area contributed by atoms with E-state index < -0.39 is 6.23 Å². The predicted octanol–water partition coefficient (Wildman–Crippen LogP) is 4.87. The van der Waals surface area contributed by atoms with E-state index in [9.17, 15) is 5.11 Å². The molecule has 0 radical (unpaired) electrons. The van der Waals surface area contributed by atoms with E-state index in [1.165, 1.54) is 19.3 Å². The minimum absolute atomic E-state index is 0.602. The number of nitrogens with zero attached hydrogens (tertiary/aromatic N) is 6. The fourth-order valence-electron chi connectivity index (χ4n) is 4.99. The van der Waals surface area contributed by atoms with Crippen molar-refractivity contribution in [3.63, 3.8) is 0 Å². The van der Waals surface area contributed by atoms with Gasteiger partial charge in [-0.25, -0.2) is 15.0 Å². The maximum atomic E-state index is 10.3. The smallest absolute Gasteiger partial charge is 0.181 e. The third kappa shape index (κ3) is 4.72. The molecule has 0 spiro atoms. The predicted molar refractivity (Wildman–Crippen MR) is 145 cm³/mol. The molecule has 0 amide bonds. The van der Waals surface area contributed by atoms with Gasteiger partial charge in [0.1, 0.15) is 17.4 Å². The molecule has 0 bridgehead atoms. The first-order valence-corrected chi connectivity index (χ1v) is 13.0. The lowest BCUT2D eigenvalue weighted by Gasteiger charge is -2.28. The van der Waals surface area contributed by atoms with Crippen molar-refractivity contribution in [3.8, 4) is 22.6 Å². The molecule has 1 atom stereocenters. The number of aromatic amines is 2. The highest BCUT2D eigenvalue weighted by Crippen LogP contribution is 2.32. The molecule has 0 saturated carbocycles. The summed E-state index contributed by atoms with van der Waals surface area (Å²) in [5.41, 5.74) is 6.71. The number of hydrogen-bond donors (Lipinski definition) is 4. The van der Waals surface area contributed by atoms with Crippen LogP contribution >= 0.6 is 0 Å². The van der Waals surface area contributed by atoms with Crippen molar-refractivity contribution in [2.24, 2.45) is 0 Å². The van der Waals surface area contributed by atoms with Crippen LogP contribution in [0.25, 0.3) is 44.8 Å². The average Bonchev–Trinajstić information content (AvgIpc) is 3.56.